The molecule has 29 heavy (non-hydrogen) atoms. The Morgan fingerprint density at radius 1 is 1.07 bits per heavy atom. The number of benzene rings is 2. The molecule has 2 N–H and O–H groups in total. The summed E-state index contributed by atoms with van der Waals surface area (Å²) < 4.78 is 25.8. The number of likely N-dealkylation sites (N-methyl/N-ethyl adjacent to an activating group) is 1. The van der Waals surface area contributed by atoms with Gasteiger partial charge in [0.15, 0.2) is 0 Å². The number of hydrogen-bond acceptors (Lipinski definition) is 5. The average molecular weight is 456 g/mol. The Morgan fingerprint density at radius 2 is 1.72 bits per heavy atom. The van der Waals surface area contributed by atoms with Crippen LogP contribution in [0.2, 0.25) is 5.02 Å². The van der Waals surface area contributed by atoms with E-state index in [2.05, 4.69) is 10.9 Å². The van der Waals surface area contributed by atoms with Crippen LogP contribution in [0.1, 0.15) is 11.1 Å². The summed E-state index contributed by atoms with van der Waals surface area (Å²) in [6, 6.07) is 13.7. The minimum absolute atomic E-state index is 0.0971. The second kappa shape index (κ2) is 10.6. The summed E-state index contributed by atoms with van der Waals surface area (Å²) in [5.74, 6) is -0.310. The van der Waals surface area contributed by atoms with E-state index in [0.717, 1.165) is 15.4 Å². The van der Waals surface area contributed by atoms with Crippen molar-refractivity contribution < 1.29 is 18.0 Å². The number of carbonyl (C=O) groups excluding carboxylic acids is 2. The molecule has 0 heterocycles. The maximum Gasteiger partial charge on any atom is 0.253 e. The third-order valence-corrected chi connectivity index (χ3v) is 6.88. The Hall–Kier alpha value is -2.07. The third-order valence-electron chi connectivity index (χ3n) is 3.83. The van der Waals surface area contributed by atoms with E-state index < -0.39 is 28.4 Å². The normalized spacial score (nSPS) is 11.3. The van der Waals surface area contributed by atoms with Gasteiger partial charge in [0.05, 0.1) is 17.2 Å². The van der Waals surface area contributed by atoms with Gasteiger partial charge in [0.1, 0.15) is 0 Å². The van der Waals surface area contributed by atoms with Crippen LogP contribution in [-0.2, 0) is 25.4 Å². The number of hydrazine groups is 1. The molecule has 10 heteroatoms. The molecule has 0 saturated heterocycles. The summed E-state index contributed by atoms with van der Waals surface area (Å²) in [5, 5.41) is 0.629. The van der Waals surface area contributed by atoms with Gasteiger partial charge in [0.2, 0.25) is 15.9 Å². The number of amides is 2. The number of hydrogen-bond donors (Lipinski definition) is 2. The van der Waals surface area contributed by atoms with Crippen LogP contribution in [0.5, 0.6) is 0 Å². The van der Waals surface area contributed by atoms with Crippen LogP contribution >= 0.6 is 23.4 Å². The van der Waals surface area contributed by atoms with Crippen LogP contribution in [0.25, 0.3) is 0 Å². The Balaban J connectivity index is 1.75. The molecule has 2 aromatic rings. The van der Waals surface area contributed by atoms with E-state index in [1.165, 1.54) is 30.9 Å². The molecule has 0 aliphatic heterocycles. The molecule has 0 aromatic heterocycles. The van der Waals surface area contributed by atoms with Crippen LogP contribution in [0.15, 0.2) is 53.4 Å². The van der Waals surface area contributed by atoms with Gasteiger partial charge in [-0.1, -0.05) is 41.4 Å². The third kappa shape index (κ3) is 7.36. The summed E-state index contributed by atoms with van der Waals surface area (Å²) in [6.07, 6.45) is 0. The standard InChI is InChI=1S/C19H22ClN3O4S2/c1-14-6-8-17(9-7-14)29(26,27)23(2)11-18(24)21-22-19(25)13-28-12-15-4-3-5-16(20)10-15/h3-10H,11-13H2,1-2H3,(H,21,24)(H,22,25). The predicted octanol–water partition coefficient (Wildman–Crippen LogP) is 2.35. The fraction of sp³-hybridized carbons (Fsp3) is 0.263. The SMILES string of the molecule is Cc1ccc(S(=O)(=O)N(C)CC(=O)NNC(=O)CSCc2cccc(Cl)c2)cc1. The van der Waals surface area contributed by atoms with E-state index >= 15 is 0 Å². The number of sulfonamides is 1. The Kier molecular flexibility index (Phi) is 8.51. The van der Waals surface area contributed by atoms with Gasteiger partial charge in [-0.3, -0.25) is 20.4 Å². The molecule has 0 atom stereocenters. The number of halogens is 1. The fourth-order valence-electron chi connectivity index (χ4n) is 2.28. The second-order valence-corrected chi connectivity index (χ2v) is 9.76. The molecule has 0 spiro atoms. The molecular weight excluding hydrogens is 434 g/mol. The minimum Gasteiger partial charge on any atom is -0.272 e. The molecule has 0 aliphatic carbocycles. The van der Waals surface area contributed by atoms with Crippen molar-refractivity contribution >= 4 is 45.2 Å². The summed E-state index contributed by atoms with van der Waals surface area (Å²) in [4.78, 5) is 23.9. The molecule has 2 amide bonds. The summed E-state index contributed by atoms with van der Waals surface area (Å²) in [6.45, 7) is 1.43. The lowest BCUT2D eigenvalue weighted by molar-refractivity contribution is -0.127. The van der Waals surface area contributed by atoms with Crippen molar-refractivity contribution in [2.75, 3.05) is 19.3 Å². The van der Waals surface area contributed by atoms with Gasteiger partial charge in [0.25, 0.3) is 5.91 Å². The number of nitrogens with one attached hydrogen (secondary N) is 2. The van der Waals surface area contributed by atoms with Crippen molar-refractivity contribution in [3.05, 3.63) is 64.7 Å². The van der Waals surface area contributed by atoms with Gasteiger partial charge in [-0.2, -0.15) is 4.31 Å². The van der Waals surface area contributed by atoms with Crippen LogP contribution < -0.4 is 10.9 Å². The predicted molar refractivity (Wildman–Crippen MR) is 115 cm³/mol. The monoisotopic (exact) mass is 455 g/mol. The first-order chi connectivity index (χ1) is 13.7. The molecular formula is C19H22ClN3O4S2. The van der Waals surface area contributed by atoms with E-state index in [-0.39, 0.29) is 10.6 Å². The van der Waals surface area contributed by atoms with E-state index in [1.54, 1.807) is 18.2 Å². The molecule has 0 aliphatic rings. The minimum atomic E-state index is -3.79. The summed E-state index contributed by atoms with van der Waals surface area (Å²) in [7, 11) is -2.49. The lowest BCUT2D eigenvalue weighted by atomic mass is 10.2. The molecule has 0 radical (unpaired) electrons. The van der Waals surface area contributed by atoms with Crippen molar-refractivity contribution in [3.63, 3.8) is 0 Å². The van der Waals surface area contributed by atoms with Crippen molar-refractivity contribution in [2.24, 2.45) is 0 Å². The van der Waals surface area contributed by atoms with Crippen LogP contribution in [-0.4, -0.2) is 43.9 Å². The second-order valence-electron chi connectivity index (χ2n) is 6.29. The maximum absolute atomic E-state index is 12.5. The molecule has 0 saturated carbocycles. The van der Waals surface area contributed by atoms with Gasteiger partial charge in [-0.15, -0.1) is 11.8 Å². The van der Waals surface area contributed by atoms with Gasteiger partial charge >= 0.3 is 0 Å². The van der Waals surface area contributed by atoms with Crippen molar-refractivity contribution in [1.29, 1.82) is 0 Å². The molecule has 0 unspecified atom stereocenters. The van der Waals surface area contributed by atoms with Crippen molar-refractivity contribution in [2.45, 2.75) is 17.6 Å². The Morgan fingerprint density at radius 3 is 2.38 bits per heavy atom. The molecule has 2 aromatic carbocycles. The van der Waals surface area contributed by atoms with Crippen LogP contribution in [0.4, 0.5) is 0 Å². The molecule has 2 rings (SSSR count). The lowest BCUT2D eigenvalue weighted by Gasteiger charge is -2.17. The van der Waals surface area contributed by atoms with E-state index in [4.69, 9.17) is 11.6 Å². The first-order valence-corrected chi connectivity index (χ1v) is 11.6. The fourth-order valence-corrected chi connectivity index (χ4v) is 4.40. The molecule has 0 fully saturated rings. The number of rotatable bonds is 8. The largest absolute Gasteiger partial charge is 0.272 e. The van der Waals surface area contributed by atoms with E-state index in [1.807, 2.05) is 25.1 Å². The highest BCUT2D eigenvalue weighted by Gasteiger charge is 2.22. The zero-order valence-corrected chi connectivity index (χ0v) is 18.4. The van der Waals surface area contributed by atoms with Gasteiger partial charge < -0.3 is 0 Å². The number of thioether (sulfide) groups is 1. The smallest absolute Gasteiger partial charge is 0.253 e. The van der Waals surface area contributed by atoms with Crippen LogP contribution in [0, 0.1) is 6.92 Å². The topological polar surface area (TPSA) is 95.6 Å². The lowest BCUT2D eigenvalue weighted by Crippen LogP contribution is -2.47. The maximum atomic E-state index is 12.5. The highest BCUT2D eigenvalue weighted by atomic mass is 35.5. The Labute approximate surface area is 179 Å². The Bertz CT molecular complexity index is 966. The highest BCUT2D eigenvalue weighted by molar-refractivity contribution is 7.99. The molecule has 156 valence electrons. The molecule has 0 bridgehead atoms. The zero-order chi connectivity index (χ0) is 21.4. The summed E-state index contributed by atoms with van der Waals surface area (Å²) in [5.41, 5.74) is 6.42. The highest BCUT2D eigenvalue weighted by Crippen LogP contribution is 2.16. The number of nitrogens with zero attached hydrogens (tertiary/aromatic N) is 1. The van der Waals surface area contributed by atoms with E-state index in [9.17, 15) is 18.0 Å². The van der Waals surface area contributed by atoms with Crippen molar-refractivity contribution in [1.82, 2.24) is 15.2 Å². The first kappa shape index (κ1) is 23.2. The average Bonchev–Trinajstić information content (AvgIpc) is 2.67. The number of aryl methyl sites for hydroxylation is 1. The van der Waals surface area contributed by atoms with Crippen molar-refractivity contribution in [3.8, 4) is 0 Å². The number of carbonyl (C=O) groups is 2. The van der Waals surface area contributed by atoms with Gasteiger partial charge in [-0.25, -0.2) is 8.42 Å². The summed E-state index contributed by atoms with van der Waals surface area (Å²) >= 11 is 7.27. The zero-order valence-electron chi connectivity index (χ0n) is 16.0. The van der Waals surface area contributed by atoms with Gasteiger partial charge in [0, 0.05) is 17.8 Å². The van der Waals surface area contributed by atoms with Crippen LogP contribution in [0.3, 0.4) is 0 Å². The van der Waals surface area contributed by atoms with Gasteiger partial charge in [-0.05, 0) is 36.8 Å². The quantitative estimate of drug-likeness (QED) is 0.596. The van der Waals surface area contributed by atoms with E-state index in [0.29, 0.717) is 10.8 Å². The molecule has 7 nitrogen and oxygen atoms in total. The first-order valence-electron chi connectivity index (χ1n) is 8.61.